The number of rotatable bonds is 3. The van der Waals surface area contributed by atoms with Gasteiger partial charge in [0.25, 0.3) is 0 Å². The molecule has 0 fully saturated rings. The van der Waals surface area contributed by atoms with Crippen LogP contribution in [0.25, 0.3) is 0 Å². The lowest BCUT2D eigenvalue weighted by Gasteiger charge is -2.00. The summed E-state index contributed by atoms with van der Waals surface area (Å²) in [7, 11) is 0. The third kappa shape index (κ3) is 2.92. The van der Waals surface area contributed by atoms with E-state index in [-0.39, 0.29) is 17.6 Å². The average Bonchev–Trinajstić information content (AvgIpc) is 2.56. The first-order valence-electron chi connectivity index (χ1n) is 5.85. The molecule has 0 bridgehead atoms. The lowest BCUT2D eigenvalue weighted by atomic mass is 10.0. The molecular formula is C16H14O2. The highest BCUT2D eigenvalue weighted by Gasteiger charge is 2.08. The van der Waals surface area contributed by atoms with Gasteiger partial charge in [-0.3, -0.25) is 9.59 Å². The Morgan fingerprint density at radius 1 is 0.944 bits per heavy atom. The highest BCUT2D eigenvalue weighted by molar-refractivity contribution is 5.97. The van der Waals surface area contributed by atoms with Crippen LogP contribution in [-0.2, 0) is 6.42 Å². The molecule has 0 aromatic heterocycles. The Hall–Kier alpha value is -2.22. The van der Waals surface area contributed by atoms with Crippen LogP contribution in [0.15, 0.2) is 59.4 Å². The molecule has 0 radical (unpaired) electrons. The van der Waals surface area contributed by atoms with Crippen LogP contribution < -0.4 is 5.43 Å². The summed E-state index contributed by atoms with van der Waals surface area (Å²) in [4.78, 5) is 23.7. The van der Waals surface area contributed by atoms with E-state index in [1.165, 1.54) is 6.07 Å². The number of aryl methyl sites for hydroxylation is 1. The minimum Gasteiger partial charge on any atom is -0.294 e. The molecule has 2 rings (SSSR count). The van der Waals surface area contributed by atoms with Crippen molar-refractivity contribution in [3.63, 3.8) is 0 Å². The molecule has 2 aromatic carbocycles. The minimum atomic E-state index is -0.0968. The van der Waals surface area contributed by atoms with Crippen LogP contribution in [0.5, 0.6) is 0 Å². The molecule has 2 aromatic rings. The zero-order valence-corrected chi connectivity index (χ0v) is 10.2. The molecule has 0 aliphatic rings. The fourth-order valence-electron chi connectivity index (χ4n) is 1.73. The Labute approximate surface area is 106 Å². The van der Waals surface area contributed by atoms with Crippen LogP contribution in [0.3, 0.4) is 0 Å². The lowest BCUT2D eigenvalue weighted by Crippen LogP contribution is -2.11. The van der Waals surface area contributed by atoms with Crippen molar-refractivity contribution in [2.45, 2.75) is 13.3 Å². The molecule has 18 heavy (non-hydrogen) atoms. The Bertz CT molecular complexity index is 612. The number of hydrogen-bond donors (Lipinski definition) is 0. The summed E-state index contributed by atoms with van der Waals surface area (Å²) >= 11 is 0. The van der Waals surface area contributed by atoms with Gasteiger partial charge in [0.05, 0.1) is 0 Å². The normalized spacial score (nSPS) is 10.1. The maximum Gasteiger partial charge on any atom is 0.182 e. The van der Waals surface area contributed by atoms with E-state index < -0.39 is 0 Å². The highest BCUT2D eigenvalue weighted by atomic mass is 16.1. The first kappa shape index (κ1) is 12.2. The van der Waals surface area contributed by atoms with E-state index >= 15 is 0 Å². The highest BCUT2D eigenvalue weighted by Crippen LogP contribution is 2.06. The first-order valence-corrected chi connectivity index (χ1v) is 5.85. The number of carbonyl (C=O) groups excluding carboxylic acids is 1. The summed E-state index contributed by atoms with van der Waals surface area (Å²) < 4.78 is 0. The molecule has 0 unspecified atom stereocenters. The second-order valence-electron chi connectivity index (χ2n) is 4.27. The van der Waals surface area contributed by atoms with Gasteiger partial charge in [0, 0.05) is 17.5 Å². The number of benzene rings is 1. The van der Waals surface area contributed by atoms with E-state index in [1.54, 1.807) is 36.4 Å². The summed E-state index contributed by atoms with van der Waals surface area (Å²) in [6, 6.07) is 15.8. The molecule has 0 spiro atoms. The molecule has 0 N–H and O–H groups in total. The van der Waals surface area contributed by atoms with Crippen molar-refractivity contribution in [2.75, 3.05) is 0 Å². The van der Waals surface area contributed by atoms with Crippen molar-refractivity contribution in [3.05, 3.63) is 81.5 Å². The maximum absolute atomic E-state index is 12.0. The fraction of sp³-hybridized carbons (Fsp3) is 0.125. The van der Waals surface area contributed by atoms with Crippen LogP contribution in [-0.4, -0.2) is 5.78 Å². The smallest absolute Gasteiger partial charge is 0.182 e. The Kier molecular flexibility index (Phi) is 3.68. The van der Waals surface area contributed by atoms with Gasteiger partial charge in [0.2, 0.25) is 0 Å². The van der Waals surface area contributed by atoms with Gasteiger partial charge in [-0.2, -0.15) is 0 Å². The van der Waals surface area contributed by atoms with E-state index in [9.17, 15) is 9.59 Å². The number of Topliss-reactive ketones (excluding diaryl/α,β-unsaturated/α-hetero) is 1. The third-order valence-electron chi connectivity index (χ3n) is 2.81. The van der Waals surface area contributed by atoms with Gasteiger partial charge in [-0.1, -0.05) is 54.1 Å². The summed E-state index contributed by atoms with van der Waals surface area (Å²) in [5.74, 6) is -0.0294. The standard InChI is InChI=1S/C16H14O2/c1-12-7-9-13(10-8-12)16(18)11-14-5-3-2-4-6-15(14)17/h2-10H,11H2,1H3. The summed E-state index contributed by atoms with van der Waals surface area (Å²) in [6.45, 7) is 1.97. The van der Waals surface area contributed by atoms with E-state index in [1.807, 2.05) is 19.1 Å². The number of carbonyl (C=O) groups is 1. The van der Waals surface area contributed by atoms with Crippen molar-refractivity contribution in [1.29, 1.82) is 0 Å². The molecule has 90 valence electrons. The van der Waals surface area contributed by atoms with E-state index in [0.29, 0.717) is 11.1 Å². The first-order chi connectivity index (χ1) is 8.66. The fourth-order valence-corrected chi connectivity index (χ4v) is 1.73. The number of ketones is 1. The van der Waals surface area contributed by atoms with Gasteiger partial charge >= 0.3 is 0 Å². The monoisotopic (exact) mass is 238 g/mol. The van der Waals surface area contributed by atoms with Gasteiger partial charge in [0.1, 0.15) is 0 Å². The molecule has 0 aliphatic heterocycles. The quantitative estimate of drug-likeness (QED) is 0.770. The van der Waals surface area contributed by atoms with Crippen LogP contribution >= 0.6 is 0 Å². The molecule has 2 nitrogen and oxygen atoms in total. The predicted octanol–water partition coefficient (Wildman–Crippen LogP) is 2.78. The Morgan fingerprint density at radius 2 is 1.61 bits per heavy atom. The maximum atomic E-state index is 12.0. The molecule has 0 saturated carbocycles. The van der Waals surface area contributed by atoms with E-state index in [0.717, 1.165) is 5.56 Å². The topological polar surface area (TPSA) is 34.1 Å². The molecular weight excluding hydrogens is 224 g/mol. The third-order valence-corrected chi connectivity index (χ3v) is 2.81. The van der Waals surface area contributed by atoms with Gasteiger partial charge < -0.3 is 0 Å². The second-order valence-corrected chi connectivity index (χ2v) is 4.27. The molecule has 0 aliphatic carbocycles. The zero-order valence-electron chi connectivity index (χ0n) is 10.2. The SMILES string of the molecule is Cc1ccc(C(=O)Cc2cccccc2=O)cc1. The van der Waals surface area contributed by atoms with Crippen LogP contribution in [0.4, 0.5) is 0 Å². The van der Waals surface area contributed by atoms with Crippen LogP contribution in [0.1, 0.15) is 21.5 Å². The Balaban J connectivity index is 2.25. The van der Waals surface area contributed by atoms with Gasteiger partial charge in [-0.15, -0.1) is 0 Å². The van der Waals surface area contributed by atoms with Gasteiger partial charge in [-0.25, -0.2) is 0 Å². The van der Waals surface area contributed by atoms with Crippen LogP contribution in [0, 0.1) is 6.92 Å². The zero-order chi connectivity index (χ0) is 13.0. The molecule has 0 heterocycles. The summed E-state index contributed by atoms with van der Waals surface area (Å²) in [5.41, 5.74) is 2.19. The van der Waals surface area contributed by atoms with Crippen molar-refractivity contribution in [1.82, 2.24) is 0 Å². The minimum absolute atomic E-state index is 0.0294. The molecule has 0 saturated heterocycles. The van der Waals surface area contributed by atoms with Crippen molar-refractivity contribution >= 4 is 5.78 Å². The van der Waals surface area contributed by atoms with Gasteiger partial charge in [-0.05, 0) is 13.0 Å². The summed E-state index contributed by atoms with van der Waals surface area (Å²) in [6.07, 6.45) is 0.149. The van der Waals surface area contributed by atoms with Crippen molar-refractivity contribution < 1.29 is 4.79 Å². The number of hydrogen-bond acceptors (Lipinski definition) is 2. The lowest BCUT2D eigenvalue weighted by molar-refractivity contribution is 0.0993. The van der Waals surface area contributed by atoms with E-state index in [2.05, 4.69) is 0 Å². The average molecular weight is 238 g/mol. The second kappa shape index (κ2) is 5.41. The van der Waals surface area contributed by atoms with Crippen molar-refractivity contribution in [2.24, 2.45) is 0 Å². The molecule has 2 heteroatoms. The van der Waals surface area contributed by atoms with Crippen molar-refractivity contribution in [3.8, 4) is 0 Å². The molecule has 0 atom stereocenters. The molecule has 0 amide bonds. The predicted molar refractivity (Wildman–Crippen MR) is 71.9 cm³/mol. The van der Waals surface area contributed by atoms with E-state index in [4.69, 9.17) is 0 Å². The van der Waals surface area contributed by atoms with Gasteiger partial charge in [0.15, 0.2) is 11.2 Å². The summed E-state index contributed by atoms with van der Waals surface area (Å²) in [5, 5.41) is 0. The van der Waals surface area contributed by atoms with Crippen LogP contribution in [0.2, 0.25) is 0 Å². The largest absolute Gasteiger partial charge is 0.294 e. The Morgan fingerprint density at radius 3 is 2.33 bits per heavy atom.